The van der Waals surface area contributed by atoms with Gasteiger partial charge in [0.1, 0.15) is 85.5 Å². The average Bonchev–Trinajstić information content (AvgIpc) is 3.34. The lowest BCUT2D eigenvalue weighted by molar-refractivity contribution is -0.361. The number of carbonyl (C=O) groups is 1. The molecule has 0 amide bonds. The zero-order valence-corrected chi connectivity index (χ0v) is 44.1. The topological polar surface area (TPSA) is 334 Å². The van der Waals surface area contributed by atoms with E-state index in [0.29, 0.717) is 25.2 Å². The Morgan fingerprint density at radius 3 is 1.97 bits per heavy atom. The summed E-state index contributed by atoms with van der Waals surface area (Å²) in [7, 11) is 0. The Morgan fingerprint density at radius 1 is 0.635 bits per heavy atom. The molecule has 5 aliphatic carbocycles. The summed E-state index contributed by atoms with van der Waals surface area (Å²) in [5.41, 5.74) is -0.647. The van der Waals surface area contributed by atoms with Gasteiger partial charge in [-0.05, 0) is 116 Å². The zero-order valence-electron chi connectivity index (χ0n) is 44.1. The molecular formula is C53H86O21. The van der Waals surface area contributed by atoms with E-state index in [1.54, 1.807) is 0 Å². The minimum absolute atomic E-state index is 0.0778. The summed E-state index contributed by atoms with van der Waals surface area (Å²) in [5, 5.41) is 128. The molecule has 9 rings (SSSR count). The van der Waals surface area contributed by atoms with E-state index in [0.717, 1.165) is 44.9 Å². The summed E-state index contributed by atoms with van der Waals surface area (Å²) in [6.07, 6.45) is -19.6. The summed E-state index contributed by atoms with van der Waals surface area (Å²) in [6.45, 7) is 16.1. The summed E-state index contributed by atoms with van der Waals surface area (Å²) in [6, 6.07) is 0. The summed E-state index contributed by atoms with van der Waals surface area (Å²) < 4.78 is 47.1. The molecule has 0 bridgehead atoms. The largest absolute Gasteiger partial charge is 0.432 e. The molecule has 27 atom stereocenters. The average molecular weight is 1060 g/mol. The Kier molecular flexibility index (Phi) is 15.8. The quantitative estimate of drug-likeness (QED) is 0.0755. The van der Waals surface area contributed by atoms with Crippen molar-refractivity contribution in [2.75, 3.05) is 19.8 Å². The minimum Gasteiger partial charge on any atom is -0.432 e. The summed E-state index contributed by atoms with van der Waals surface area (Å²) in [5.74, 6) is -0.203. The number of fused-ring (bicyclic) bond motifs is 7. The second-order valence-electron chi connectivity index (χ2n) is 25.8. The van der Waals surface area contributed by atoms with Gasteiger partial charge in [-0.1, -0.05) is 60.1 Å². The molecule has 0 aromatic rings. The van der Waals surface area contributed by atoms with Crippen molar-refractivity contribution in [3.8, 4) is 0 Å². The van der Waals surface area contributed by atoms with Crippen molar-refractivity contribution >= 4 is 5.97 Å². The molecule has 9 aliphatic rings. The molecule has 0 aromatic carbocycles. The maximum Gasteiger partial charge on any atom is 0.315 e. The van der Waals surface area contributed by atoms with E-state index < -0.39 is 141 Å². The molecule has 74 heavy (non-hydrogen) atoms. The van der Waals surface area contributed by atoms with Crippen molar-refractivity contribution in [1.29, 1.82) is 0 Å². The zero-order chi connectivity index (χ0) is 54.0. The molecule has 0 aromatic heterocycles. The third-order valence-corrected chi connectivity index (χ3v) is 21.0. The number of esters is 1. The van der Waals surface area contributed by atoms with E-state index in [1.165, 1.54) is 12.5 Å². The van der Waals surface area contributed by atoms with E-state index in [9.17, 15) is 61.3 Å². The van der Waals surface area contributed by atoms with Crippen LogP contribution in [0.3, 0.4) is 0 Å². The van der Waals surface area contributed by atoms with Crippen molar-refractivity contribution in [2.24, 2.45) is 50.2 Å². The van der Waals surface area contributed by atoms with Crippen LogP contribution in [-0.2, 0) is 42.7 Å². The van der Waals surface area contributed by atoms with Crippen molar-refractivity contribution in [1.82, 2.24) is 0 Å². The standard InChI is InChI=1S/C53H86O21/c1-23-32(56)35(59)39(63)45(69-23)73-42-27(20-54)70-43(41(65)37(42)61)68-22-28-34(58)36(60)40(64)46(71-28)74-47(66)53-17-15-48(2,3)19-25(53)24-9-10-30-50(6)13-12-31(72-44-38(62)33(57)26(55)21-67-44)49(4,5)29(50)11-14-52(30,8)51(24,7)16-18-53/h9,23,25-46,54-65H,10-22H2,1-8H3/t23-,25+,26-,27+,28+,29-,30+,31-,32-,33-,34+,35+,36-,37+,38+,39+,40+,41+,42+,43+,44-,45-,46-,50-,51+,52+,53-/m0/s1. The first-order valence-corrected chi connectivity index (χ1v) is 27.1. The highest BCUT2D eigenvalue weighted by molar-refractivity contribution is 5.79. The maximum atomic E-state index is 15.1. The van der Waals surface area contributed by atoms with Crippen LogP contribution in [0.5, 0.6) is 0 Å². The van der Waals surface area contributed by atoms with Gasteiger partial charge < -0.3 is 99.2 Å². The number of hydrogen-bond donors (Lipinski definition) is 12. The molecule has 0 unspecified atom stereocenters. The van der Waals surface area contributed by atoms with Gasteiger partial charge in [-0.3, -0.25) is 4.79 Å². The van der Waals surface area contributed by atoms with E-state index in [-0.39, 0.29) is 51.6 Å². The molecular weight excluding hydrogens is 973 g/mol. The number of ether oxygens (including phenoxy) is 8. The van der Waals surface area contributed by atoms with Crippen LogP contribution in [0.2, 0.25) is 0 Å². The fourth-order valence-corrected chi connectivity index (χ4v) is 16.1. The lowest BCUT2D eigenvalue weighted by atomic mass is 9.33. The second-order valence-corrected chi connectivity index (χ2v) is 25.8. The Labute approximate surface area is 433 Å². The van der Waals surface area contributed by atoms with Crippen LogP contribution in [0.1, 0.15) is 120 Å². The van der Waals surface area contributed by atoms with Gasteiger partial charge in [-0.2, -0.15) is 0 Å². The predicted octanol–water partition coefficient (Wildman–Crippen LogP) is -0.369. The van der Waals surface area contributed by atoms with Crippen LogP contribution in [0.25, 0.3) is 0 Å². The smallest absolute Gasteiger partial charge is 0.315 e. The first-order valence-electron chi connectivity index (χ1n) is 27.1. The minimum atomic E-state index is -1.86. The lowest BCUT2D eigenvalue weighted by Gasteiger charge is -2.71. The number of hydrogen-bond acceptors (Lipinski definition) is 21. The van der Waals surface area contributed by atoms with Crippen molar-refractivity contribution in [3.05, 3.63) is 11.6 Å². The Hall–Kier alpha value is -1.55. The SMILES string of the molecule is C[C@@H]1O[C@@H](O[C@H]2[C@H](O)[C@@H](O)[C@H](OC[C@H]3O[C@@H](OC(=O)[C@]45CCC(C)(C)C[C@@H]4C4=CC[C@@H]6[C@@]7(C)CC[C@H](O[C@@H]8OC[C@H](O)[C@H](O)[C@H]8O)C(C)(C)[C@@H]7CC[C@@]6(C)[C@]4(C)CC5)[C@H](O)[C@@H](O)[C@@H]3O)O[C@@H]2CO)[C@H](O)[C@H](O)[C@H]1O. The molecule has 21 heteroatoms. The number of allylic oxidation sites excluding steroid dienone is 2. The summed E-state index contributed by atoms with van der Waals surface area (Å²) in [4.78, 5) is 15.1. The molecule has 4 heterocycles. The van der Waals surface area contributed by atoms with E-state index in [1.807, 2.05) is 0 Å². The maximum absolute atomic E-state index is 15.1. The molecule has 4 saturated heterocycles. The number of aliphatic hydroxyl groups excluding tert-OH is 12. The van der Waals surface area contributed by atoms with Gasteiger partial charge in [0.25, 0.3) is 0 Å². The van der Waals surface area contributed by atoms with Crippen LogP contribution in [0.4, 0.5) is 0 Å². The molecule has 0 spiro atoms. The molecule has 8 fully saturated rings. The third kappa shape index (κ3) is 9.27. The van der Waals surface area contributed by atoms with E-state index in [2.05, 4.69) is 54.5 Å². The highest BCUT2D eigenvalue weighted by Crippen LogP contribution is 2.76. The molecule has 21 nitrogen and oxygen atoms in total. The van der Waals surface area contributed by atoms with Crippen LogP contribution < -0.4 is 0 Å². The summed E-state index contributed by atoms with van der Waals surface area (Å²) >= 11 is 0. The van der Waals surface area contributed by atoms with Gasteiger partial charge in [0.05, 0.1) is 37.4 Å². The van der Waals surface area contributed by atoms with E-state index in [4.69, 9.17) is 37.9 Å². The molecule has 424 valence electrons. The predicted molar refractivity (Wildman–Crippen MR) is 255 cm³/mol. The normalized spacial score (nSPS) is 54.1. The van der Waals surface area contributed by atoms with Gasteiger partial charge in [-0.15, -0.1) is 0 Å². The Balaban J connectivity index is 0.891. The Morgan fingerprint density at radius 2 is 1.27 bits per heavy atom. The van der Waals surface area contributed by atoms with Gasteiger partial charge in [-0.25, -0.2) is 0 Å². The van der Waals surface area contributed by atoms with Crippen LogP contribution in [0, 0.1) is 50.2 Å². The Bertz CT molecular complexity index is 2040. The number of aliphatic hydroxyl groups is 12. The second kappa shape index (κ2) is 20.5. The van der Waals surface area contributed by atoms with Crippen molar-refractivity contribution < 1.29 is 104 Å². The van der Waals surface area contributed by atoms with Crippen molar-refractivity contribution in [3.63, 3.8) is 0 Å². The van der Waals surface area contributed by atoms with Crippen LogP contribution in [-0.4, -0.2) is 210 Å². The van der Waals surface area contributed by atoms with Crippen LogP contribution in [0.15, 0.2) is 11.6 Å². The monoisotopic (exact) mass is 1060 g/mol. The highest BCUT2D eigenvalue weighted by atomic mass is 16.8. The molecule has 4 saturated carbocycles. The number of carbonyl (C=O) groups excluding carboxylic acids is 1. The van der Waals surface area contributed by atoms with Crippen molar-refractivity contribution in [2.45, 2.75) is 242 Å². The molecule has 4 aliphatic heterocycles. The lowest BCUT2D eigenvalue weighted by Crippen LogP contribution is -2.66. The third-order valence-electron chi connectivity index (χ3n) is 21.0. The van der Waals surface area contributed by atoms with Crippen LogP contribution >= 0.6 is 0 Å². The van der Waals surface area contributed by atoms with Gasteiger partial charge in [0.15, 0.2) is 18.9 Å². The fraction of sp³-hybridized carbons (Fsp3) is 0.943. The van der Waals surface area contributed by atoms with Gasteiger partial charge >= 0.3 is 5.97 Å². The number of rotatable bonds is 10. The molecule has 12 N–H and O–H groups in total. The molecule has 0 radical (unpaired) electrons. The highest BCUT2D eigenvalue weighted by Gasteiger charge is 2.70. The van der Waals surface area contributed by atoms with Gasteiger partial charge in [0.2, 0.25) is 6.29 Å². The first kappa shape index (κ1) is 57.1. The first-order chi connectivity index (χ1) is 34.6. The fourth-order valence-electron chi connectivity index (χ4n) is 16.1. The van der Waals surface area contributed by atoms with E-state index >= 15 is 4.79 Å². The van der Waals surface area contributed by atoms with Gasteiger partial charge in [0, 0.05) is 0 Å².